The van der Waals surface area contributed by atoms with E-state index in [1.165, 1.54) is 22.2 Å². The summed E-state index contributed by atoms with van der Waals surface area (Å²) in [6.07, 6.45) is 0. The topological polar surface area (TPSA) is 30.9 Å². The summed E-state index contributed by atoms with van der Waals surface area (Å²) in [4.78, 5) is 0. The molecule has 2 N–H and O–H groups in total. The Morgan fingerprint density at radius 3 is 2.67 bits per heavy atom. The van der Waals surface area contributed by atoms with Gasteiger partial charge in [0.15, 0.2) is 0 Å². The molecule has 2 heteroatoms. The highest BCUT2D eigenvalue weighted by Crippen LogP contribution is 2.22. The normalized spacial score (nSPS) is 13.3. The second kappa shape index (κ2) is 3.70. The average molecular weight is 202 g/mol. The lowest BCUT2D eigenvalue weighted by molar-refractivity contribution is 0.769. The number of benzene rings is 1. The van der Waals surface area contributed by atoms with Gasteiger partial charge in [-0.3, -0.25) is 0 Å². The van der Waals surface area contributed by atoms with Crippen molar-refractivity contribution in [2.45, 2.75) is 33.4 Å². The van der Waals surface area contributed by atoms with Crippen LogP contribution < -0.4 is 5.73 Å². The van der Waals surface area contributed by atoms with E-state index < -0.39 is 0 Å². The van der Waals surface area contributed by atoms with Crippen LogP contribution in [0, 0.1) is 6.92 Å². The molecule has 1 unspecified atom stereocenters. The van der Waals surface area contributed by atoms with E-state index in [0.29, 0.717) is 0 Å². The standard InChI is InChI=1S/C13H18N2/c1-4-15-9(2)7-12-8-11(10(3)14)5-6-13(12)15/h5-8,10H,4,14H2,1-3H3. The van der Waals surface area contributed by atoms with Crippen LogP contribution in [0.1, 0.15) is 31.1 Å². The van der Waals surface area contributed by atoms with Crippen molar-refractivity contribution in [2.24, 2.45) is 5.73 Å². The summed E-state index contributed by atoms with van der Waals surface area (Å²) >= 11 is 0. The van der Waals surface area contributed by atoms with Gasteiger partial charge in [-0.15, -0.1) is 0 Å². The maximum Gasteiger partial charge on any atom is 0.0482 e. The number of aryl methyl sites for hydroxylation is 2. The lowest BCUT2D eigenvalue weighted by atomic mass is 10.1. The number of hydrogen-bond acceptors (Lipinski definition) is 1. The first kappa shape index (κ1) is 10.2. The van der Waals surface area contributed by atoms with E-state index in [-0.39, 0.29) is 6.04 Å². The molecule has 80 valence electrons. The van der Waals surface area contributed by atoms with Gasteiger partial charge in [0.1, 0.15) is 0 Å². The van der Waals surface area contributed by atoms with Crippen molar-refractivity contribution in [1.29, 1.82) is 0 Å². The molecule has 0 radical (unpaired) electrons. The highest BCUT2D eigenvalue weighted by Gasteiger charge is 2.06. The fourth-order valence-electron chi connectivity index (χ4n) is 2.13. The Kier molecular flexibility index (Phi) is 2.53. The zero-order valence-corrected chi connectivity index (χ0v) is 9.62. The molecule has 0 aliphatic heterocycles. The van der Waals surface area contributed by atoms with Crippen molar-refractivity contribution in [3.8, 4) is 0 Å². The third kappa shape index (κ3) is 1.65. The van der Waals surface area contributed by atoms with Gasteiger partial charge in [0.25, 0.3) is 0 Å². The molecule has 2 nitrogen and oxygen atoms in total. The summed E-state index contributed by atoms with van der Waals surface area (Å²) in [6, 6.07) is 8.83. The van der Waals surface area contributed by atoms with E-state index >= 15 is 0 Å². The van der Waals surface area contributed by atoms with Gasteiger partial charge in [0.2, 0.25) is 0 Å². The van der Waals surface area contributed by atoms with Gasteiger partial charge >= 0.3 is 0 Å². The average Bonchev–Trinajstić information content (AvgIpc) is 2.51. The zero-order chi connectivity index (χ0) is 11.0. The van der Waals surface area contributed by atoms with Crippen LogP contribution >= 0.6 is 0 Å². The number of nitrogens with zero attached hydrogens (tertiary/aromatic N) is 1. The summed E-state index contributed by atoms with van der Waals surface area (Å²) in [7, 11) is 0. The van der Waals surface area contributed by atoms with Gasteiger partial charge in [0.05, 0.1) is 0 Å². The quantitative estimate of drug-likeness (QED) is 0.797. The Labute approximate surface area is 90.7 Å². The predicted octanol–water partition coefficient (Wildman–Crippen LogP) is 2.99. The maximum absolute atomic E-state index is 5.88. The van der Waals surface area contributed by atoms with Gasteiger partial charge in [0, 0.05) is 29.2 Å². The second-order valence-corrected chi connectivity index (χ2v) is 4.14. The molecule has 1 aromatic heterocycles. The van der Waals surface area contributed by atoms with Crippen molar-refractivity contribution >= 4 is 10.9 Å². The van der Waals surface area contributed by atoms with Crippen molar-refractivity contribution in [1.82, 2.24) is 4.57 Å². The molecule has 0 aliphatic carbocycles. The van der Waals surface area contributed by atoms with Crippen molar-refractivity contribution < 1.29 is 0 Å². The summed E-state index contributed by atoms with van der Waals surface area (Å²) < 4.78 is 2.32. The fraction of sp³-hybridized carbons (Fsp3) is 0.385. The summed E-state index contributed by atoms with van der Waals surface area (Å²) in [5.41, 5.74) is 9.70. The van der Waals surface area contributed by atoms with Crippen molar-refractivity contribution in [3.63, 3.8) is 0 Å². The minimum atomic E-state index is 0.111. The molecule has 2 aromatic rings. The monoisotopic (exact) mass is 202 g/mol. The van der Waals surface area contributed by atoms with Gasteiger partial charge < -0.3 is 10.3 Å². The minimum Gasteiger partial charge on any atom is -0.345 e. The highest BCUT2D eigenvalue weighted by atomic mass is 15.0. The van der Waals surface area contributed by atoms with Gasteiger partial charge in [-0.1, -0.05) is 6.07 Å². The van der Waals surface area contributed by atoms with Gasteiger partial charge in [-0.05, 0) is 44.5 Å². The molecule has 1 atom stereocenters. The molecule has 1 heterocycles. The van der Waals surface area contributed by atoms with E-state index in [4.69, 9.17) is 5.73 Å². The van der Waals surface area contributed by atoms with E-state index in [9.17, 15) is 0 Å². The Balaban J connectivity index is 2.64. The van der Waals surface area contributed by atoms with Gasteiger partial charge in [-0.2, -0.15) is 0 Å². The molecule has 0 aliphatic rings. The van der Waals surface area contributed by atoms with E-state index in [0.717, 1.165) is 6.54 Å². The molecule has 2 rings (SSSR count). The zero-order valence-electron chi connectivity index (χ0n) is 9.62. The second-order valence-electron chi connectivity index (χ2n) is 4.14. The molecule has 0 spiro atoms. The van der Waals surface area contributed by atoms with E-state index in [1.807, 2.05) is 6.92 Å². The Hall–Kier alpha value is -1.28. The number of aromatic nitrogens is 1. The third-order valence-electron chi connectivity index (χ3n) is 2.97. The number of fused-ring (bicyclic) bond motifs is 1. The number of hydrogen-bond donors (Lipinski definition) is 1. The molecule has 0 saturated heterocycles. The fourth-order valence-corrected chi connectivity index (χ4v) is 2.13. The minimum absolute atomic E-state index is 0.111. The molecular weight excluding hydrogens is 184 g/mol. The van der Waals surface area contributed by atoms with Crippen LogP contribution in [0.15, 0.2) is 24.3 Å². The molecule has 0 saturated carbocycles. The SMILES string of the molecule is CCn1c(C)cc2cc(C(C)N)ccc21. The van der Waals surface area contributed by atoms with Crippen LogP contribution in [0.2, 0.25) is 0 Å². The first-order valence-electron chi connectivity index (χ1n) is 5.49. The predicted molar refractivity (Wildman–Crippen MR) is 65.0 cm³/mol. The summed E-state index contributed by atoms with van der Waals surface area (Å²) in [6.45, 7) is 7.36. The van der Waals surface area contributed by atoms with Gasteiger partial charge in [-0.25, -0.2) is 0 Å². The third-order valence-corrected chi connectivity index (χ3v) is 2.97. The molecule has 15 heavy (non-hydrogen) atoms. The summed E-state index contributed by atoms with van der Waals surface area (Å²) in [5.74, 6) is 0. The smallest absolute Gasteiger partial charge is 0.0482 e. The van der Waals surface area contributed by atoms with E-state index in [2.05, 4.69) is 42.7 Å². The molecule has 0 bridgehead atoms. The summed E-state index contributed by atoms with van der Waals surface area (Å²) in [5, 5.41) is 1.30. The highest BCUT2D eigenvalue weighted by molar-refractivity contribution is 5.82. The Morgan fingerprint density at radius 2 is 2.07 bits per heavy atom. The lowest BCUT2D eigenvalue weighted by Gasteiger charge is -2.07. The van der Waals surface area contributed by atoms with Crippen LogP contribution in [-0.2, 0) is 6.54 Å². The number of nitrogens with two attached hydrogens (primary N) is 1. The maximum atomic E-state index is 5.88. The first-order valence-corrected chi connectivity index (χ1v) is 5.49. The van der Waals surface area contributed by atoms with E-state index in [1.54, 1.807) is 0 Å². The van der Waals surface area contributed by atoms with Crippen molar-refractivity contribution in [3.05, 3.63) is 35.5 Å². The van der Waals surface area contributed by atoms with Crippen LogP contribution in [0.5, 0.6) is 0 Å². The molecular formula is C13H18N2. The molecule has 0 amide bonds. The van der Waals surface area contributed by atoms with Crippen LogP contribution in [0.4, 0.5) is 0 Å². The largest absolute Gasteiger partial charge is 0.345 e. The Bertz CT molecular complexity index is 480. The van der Waals surface area contributed by atoms with Crippen LogP contribution in [-0.4, -0.2) is 4.57 Å². The van der Waals surface area contributed by atoms with Crippen LogP contribution in [0.25, 0.3) is 10.9 Å². The first-order chi connectivity index (χ1) is 7.13. The lowest BCUT2D eigenvalue weighted by Crippen LogP contribution is -2.04. The molecule has 0 fully saturated rings. The van der Waals surface area contributed by atoms with Crippen LogP contribution in [0.3, 0.4) is 0 Å². The number of rotatable bonds is 2. The molecule has 1 aromatic carbocycles. The Morgan fingerprint density at radius 1 is 1.33 bits per heavy atom. The van der Waals surface area contributed by atoms with Crippen molar-refractivity contribution in [2.75, 3.05) is 0 Å².